The summed E-state index contributed by atoms with van der Waals surface area (Å²) in [7, 11) is 2.01. The van der Waals surface area contributed by atoms with E-state index >= 15 is 0 Å². The topological polar surface area (TPSA) is 43.8 Å². The van der Waals surface area contributed by atoms with Crippen LogP contribution in [0.5, 0.6) is 0 Å². The lowest BCUT2D eigenvalue weighted by atomic mass is 10.0. The van der Waals surface area contributed by atoms with Crippen molar-refractivity contribution in [3.8, 4) is 0 Å². The molecular weight excluding hydrogens is 264 g/mol. The molecule has 116 valence electrons. The maximum absolute atomic E-state index is 12.4. The van der Waals surface area contributed by atoms with Crippen LogP contribution in [0.15, 0.2) is 30.3 Å². The Labute approximate surface area is 127 Å². The highest BCUT2D eigenvalue weighted by atomic mass is 16.3. The number of nitrogens with zero attached hydrogens (tertiary/aromatic N) is 2. The van der Waals surface area contributed by atoms with Crippen molar-refractivity contribution in [3.05, 3.63) is 35.9 Å². The van der Waals surface area contributed by atoms with Gasteiger partial charge in [-0.2, -0.15) is 0 Å². The van der Waals surface area contributed by atoms with Gasteiger partial charge in [-0.05, 0) is 31.9 Å². The molecular formula is C17H26N2O2. The van der Waals surface area contributed by atoms with E-state index in [0.717, 1.165) is 6.42 Å². The quantitative estimate of drug-likeness (QED) is 0.902. The van der Waals surface area contributed by atoms with E-state index in [-0.39, 0.29) is 18.1 Å². The Morgan fingerprint density at radius 3 is 2.52 bits per heavy atom. The molecule has 1 heterocycles. The third-order valence-corrected chi connectivity index (χ3v) is 4.30. The minimum absolute atomic E-state index is 0.166. The molecule has 1 unspecified atom stereocenters. The van der Waals surface area contributed by atoms with Crippen molar-refractivity contribution in [2.45, 2.75) is 38.3 Å². The number of rotatable bonds is 5. The molecule has 0 radical (unpaired) electrons. The molecule has 0 aromatic heterocycles. The van der Waals surface area contributed by atoms with E-state index in [1.807, 2.05) is 30.1 Å². The summed E-state index contributed by atoms with van der Waals surface area (Å²) in [6, 6.07) is 10.6. The fourth-order valence-corrected chi connectivity index (χ4v) is 3.02. The molecule has 1 aromatic rings. The van der Waals surface area contributed by atoms with Gasteiger partial charge in [0.1, 0.15) is 0 Å². The second-order valence-corrected chi connectivity index (χ2v) is 5.86. The van der Waals surface area contributed by atoms with Crippen LogP contribution in [0.25, 0.3) is 0 Å². The van der Waals surface area contributed by atoms with Gasteiger partial charge in [0, 0.05) is 19.1 Å². The Morgan fingerprint density at radius 2 is 1.95 bits per heavy atom. The molecule has 1 N–H and O–H groups in total. The van der Waals surface area contributed by atoms with Crippen LogP contribution in [-0.4, -0.2) is 53.6 Å². The number of benzene rings is 1. The van der Waals surface area contributed by atoms with E-state index in [0.29, 0.717) is 32.5 Å². The second-order valence-electron chi connectivity index (χ2n) is 5.86. The molecule has 1 aromatic carbocycles. The van der Waals surface area contributed by atoms with Gasteiger partial charge in [0.25, 0.3) is 0 Å². The molecule has 0 saturated carbocycles. The highest BCUT2D eigenvalue weighted by molar-refractivity contribution is 5.78. The average molecular weight is 290 g/mol. The number of likely N-dealkylation sites (N-methyl/N-ethyl adjacent to an activating group) is 1. The smallest absolute Gasteiger partial charge is 0.236 e. The third-order valence-electron chi connectivity index (χ3n) is 4.30. The number of carbonyl (C=O) groups is 1. The first-order chi connectivity index (χ1) is 10.1. The highest BCUT2D eigenvalue weighted by Gasteiger charge is 2.24. The number of likely N-dealkylation sites (tertiary alicyclic amines) is 1. The largest absolute Gasteiger partial charge is 0.393 e. The van der Waals surface area contributed by atoms with Gasteiger partial charge in [-0.1, -0.05) is 37.3 Å². The van der Waals surface area contributed by atoms with E-state index in [1.165, 1.54) is 5.56 Å². The molecule has 2 rings (SSSR count). The minimum atomic E-state index is -0.237. The Hall–Kier alpha value is -1.39. The maximum atomic E-state index is 12.4. The molecule has 1 fully saturated rings. The number of hydrogen-bond donors (Lipinski definition) is 1. The highest BCUT2D eigenvalue weighted by Crippen LogP contribution is 2.22. The van der Waals surface area contributed by atoms with Gasteiger partial charge in [-0.25, -0.2) is 0 Å². The van der Waals surface area contributed by atoms with Gasteiger partial charge in [0.05, 0.1) is 12.6 Å². The van der Waals surface area contributed by atoms with Crippen LogP contribution in [0.4, 0.5) is 0 Å². The molecule has 1 aliphatic rings. The molecule has 0 spiro atoms. The number of carbonyl (C=O) groups excluding carboxylic acids is 1. The Kier molecular flexibility index (Phi) is 5.76. The first-order valence-corrected chi connectivity index (χ1v) is 7.82. The zero-order valence-electron chi connectivity index (χ0n) is 13.0. The lowest BCUT2D eigenvalue weighted by molar-refractivity contribution is -0.134. The third kappa shape index (κ3) is 4.29. The predicted octanol–water partition coefficient (Wildman–Crippen LogP) is 2.05. The van der Waals surface area contributed by atoms with E-state index < -0.39 is 0 Å². The van der Waals surface area contributed by atoms with Crippen LogP contribution >= 0.6 is 0 Å². The lowest BCUT2D eigenvalue weighted by Gasteiger charge is -2.33. The molecule has 1 aliphatic heterocycles. The number of piperidine rings is 1. The van der Waals surface area contributed by atoms with Crippen molar-refractivity contribution in [2.75, 3.05) is 26.7 Å². The molecule has 1 atom stereocenters. The van der Waals surface area contributed by atoms with Crippen LogP contribution in [0, 0.1) is 0 Å². The van der Waals surface area contributed by atoms with E-state index in [4.69, 9.17) is 0 Å². The molecule has 4 nitrogen and oxygen atoms in total. The summed E-state index contributed by atoms with van der Waals surface area (Å²) in [5.74, 6) is 0.166. The summed E-state index contributed by atoms with van der Waals surface area (Å²) in [5, 5.41) is 9.52. The van der Waals surface area contributed by atoms with Crippen molar-refractivity contribution >= 4 is 5.91 Å². The van der Waals surface area contributed by atoms with Gasteiger partial charge in [0.2, 0.25) is 5.91 Å². The first kappa shape index (κ1) is 16.0. The molecule has 0 bridgehead atoms. The Bertz CT molecular complexity index is 441. The minimum Gasteiger partial charge on any atom is -0.393 e. The molecule has 1 amide bonds. The van der Waals surface area contributed by atoms with E-state index in [1.54, 1.807) is 0 Å². The standard InChI is InChI=1S/C17H26N2O2/c1-3-16(14-7-5-4-6-8-14)18(2)13-17(21)19-11-9-15(20)10-12-19/h4-8,15-16,20H,3,9-13H2,1-2H3. The van der Waals surface area contributed by atoms with Crippen molar-refractivity contribution < 1.29 is 9.90 Å². The number of hydrogen-bond acceptors (Lipinski definition) is 3. The number of aliphatic hydroxyl groups excluding tert-OH is 1. The van der Waals surface area contributed by atoms with Crippen LogP contribution in [0.3, 0.4) is 0 Å². The molecule has 0 aliphatic carbocycles. The van der Waals surface area contributed by atoms with Crippen LogP contribution in [0.2, 0.25) is 0 Å². The van der Waals surface area contributed by atoms with Gasteiger partial charge in [0.15, 0.2) is 0 Å². The first-order valence-electron chi connectivity index (χ1n) is 7.82. The summed E-state index contributed by atoms with van der Waals surface area (Å²) in [6.07, 6.45) is 2.14. The van der Waals surface area contributed by atoms with Crippen molar-refractivity contribution in [2.24, 2.45) is 0 Å². The Morgan fingerprint density at radius 1 is 1.33 bits per heavy atom. The van der Waals surface area contributed by atoms with Crippen LogP contribution in [0.1, 0.15) is 37.8 Å². The second kappa shape index (κ2) is 7.57. The molecule has 21 heavy (non-hydrogen) atoms. The maximum Gasteiger partial charge on any atom is 0.236 e. The summed E-state index contributed by atoms with van der Waals surface area (Å²) in [5.41, 5.74) is 1.25. The summed E-state index contributed by atoms with van der Waals surface area (Å²) in [4.78, 5) is 16.4. The average Bonchev–Trinajstić information content (AvgIpc) is 2.49. The van der Waals surface area contributed by atoms with Crippen LogP contribution in [-0.2, 0) is 4.79 Å². The summed E-state index contributed by atoms with van der Waals surface area (Å²) >= 11 is 0. The van der Waals surface area contributed by atoms with Gasteiger partial charge in [-0.3, -0.25) is 9.69 Å². The predicted molar refractivity (Wildman–Crippen MR) is 83.9 cm³/mol. The fourth-order valence-electron chi connectivity index (χ4n) is 3.02. The normalized spacial score (nSPS) is 18.0. The molecule has 4 heteroatoms. The lowest BCUT2D eigenvalue weighted by Crippen LogP contribution is -2.45. The van der Waals surface area contributed by atoms with Crippen molar-refractivity contribution in [3.63, 3.8) is 0 Å². The van der Waals surface area contributed by atoms with Crippen molar-refractivity contribution in [1.82, 2.24) is 9.80 Å². The van der Waals surface area contributed by atoms with Gasteiger partial charge >= 0.3 is 0 Å². The number of amides is 1. The zero-order valence-corrected chi connectivity index (χ0v) is 13.0. The molecule has 1 saturated heterocycles. The monoisotopic (exact) mass is 290 g/mol. The zero-order chi connectivity index (χ0) is 15.2. The SMILES string of the molecule is CCC(c1ccccc1)N(C)CC(=O)N1CCC(O)CC1. The van der Waals surface area contributed by atoms with E-state index in [9.17, 15) is 9.90 Å². The summed E-state index contributed by atoms with van der Waals surface area (Å²) in [6.45, 7) is 3.94. The fraction of sp³-hybridized carbons (Fsp3) is 0.588. The van der Waals surface area contributed by atoms with Gasteiger partial charge < -0.3 is 10.0 Å². The van der Waals surface area contributed by atoms with Gasteiger partial charge in [-0.15, -0.1) is 0 Å². The Balaban J connectivity index is 1.93. The number of aliphatic hydroxyl groups is 1. The van der Waals surface area contributed by atoms with Crippen LogP contribution < -0.4 is 0 Å². The van der Waals surface area contributed by atoms with Crippen molar-refractivity contribution in [1.29, 1.82) is 0 Å². The summed E-state index contributed by atoms with van der Waals surface area (Å²) < 4.78 is 0. The van der Waals surface area contributed by atoms with E-state index in [2.05, 4.69) is 24.0 Å².